The zero-order chi connectivity index (χ0) is 13.4. The van der Waals surface area contributed by atoms with Gasteiger partial charge in [-0.25, -0.2) is 9.97 Å². The van der Waals surface area contributed by atoms with Gasteiger partial charge in [0.2, 0.25) is 0 Å². The third kappa shape index (κ3) is 1.97. The van der Waals surface area contributed by atoms with Gasteiger partial charge in [-0.1, -0.05) is 24.3 Å². The maximum atomic E-state index is 6.07. The van der Waals surface area contributed by atoms with E-state index in [4.69, 9.17) is 11.5 Å². The molecular formula is C15H14N4. The SMILES string of the molecule is Cc1ccccc1-c1cc2cnc(N)cc2nc1N. The monoisotopic (exact) mass is 250 g/mol. The third-order valence-electron chi connectivity index (χ3n) is 3.19. The molecule has 0 atom stereocenters. The van der Waals surface area contributed by atoms with Gasteiger partial charge in [0, 0.05) is 23.2 Å². The highest BCUT2D eigenvalue weighted by Gasteiger charge is 2.09. The van der Waals surface area contributed by atoms with Crippen LogP contribution < -0.4 is 11.5 Å². The second-order valence-corrected chi connectivity index (χ2v) is 4.54. The quantitative estimate of drug-likeness (QED) is 0.696. The van der Waals surface area contributed by atoms with Gasteiger partial charge < -0.3 is 11.5 Å². The van der Waals surface area contributed by atoms with Crippen molar-refractivity contribution in [1.29, 1.82) is 0 Å². The molecule has 4 heteroatoms. The van der Waals surface area contributed by atoms with Crippen LogP contribution in [0.3, 0.4) is 0 Å². The second kappa shape index (κ2) is 4.24. The summed E-state index contributed by atoms with van der Waals surface area (Å²) in [5.41, 5.74) is 15.7. The number of nitrogen functional groups attached to an aromatic ring is 2. The van der Waals surface area contributed by atoms with Crippen LogP contribution in [0, 0.1) is 6.92 Å². The maximum Gasteiger partial charge on any atom is 0.132 e. The standard InChI is InChI=1S/C15H14N4/c1-9-4-2-3-5-11(9)12-6-10-8-18-14(16)7-13(10)19-15(12)17/h2-8H,1H3,(H2,16,18)(H2,17,19). The summed E-state index contributed by atoms with van der Waals surface area (Å²) in [6, 6.07) is 11.8. The summed E-state index contributed by atoms with van der Waals surface area (Å²) in [6.07, 6.45) is 1.72. The van der Waals surface area contributed by atoms with Crippen LogP contribution in [0.2, 0.25) is 0 Å². The molecule has 2 heterocycles. The van der Waals surface area contributed by atoms with E-state index < -0.39 is 0 Å². The molecule has 19 heavy (non-hydrogen) atoms. The van der Waals surface area contributed by atoms with Gasteiger partial charge in [0.1, 0.15) is 11.6 Å². The number of fused-ring (bicyclic) bond motifs is 1. The molecule has 3 aromatic rings. The number of anilines is 2. The van der Waals surface area contributed by atoms with Gasteiger partial charge in [0.15, 0.2) is 0 Å². The van der Waals surface area contributed by atoms with E-state index in [-0.39, 0.29) is 0 Å². The molecule has 4 nitrogen and oxygen atoms in total. The summed E-state index contributed by atoms with van der Waals surface area (Å²) >= 11 is 0. The Morgan fingerprint density at radius 3 is 2.58 bits per heavy atom. The molecule has 1 aromatic carbocycles. The number of nitrogens with zero attached hydrogens (tertiary/aromatic N) is 2. The number of benzene rings is 1. The van der Waals surface area contributed by atoms with Crippen LogP contribution in [0.5, 0.6) is 0 Å². The summed E-state index contributed by atoms with van der Waals surface area (Å²) in [4.78, 5) is 8.50. The molecule has 4 N–H and O–H groups in total. The normalized spacial score (nSPS) is 10.8. The molecule has 0 aliphatic rings. The first-order chi connectivity index (χ1) is 9.15. The van der Waals surface area contributed by atoms with Gasteiger partial charge in [-0.15, -0.1) is 0 Å². The van der Waals surface area contributed by atoms with E-state index in [1.165, 1.54) is 5.56 Å². The van der Waals surface area contributed by atoms with Crippen molar-refractivity contribution in [3.63, 3.8) is 0 Å². The molecule has 0 saturated heterocycles. The molecule has 0 aliphatic carbocycles. The summed E-state index contributed by atoms with van der Waals surface area (Å²) in [7, 11) is 0. The number of nitrogens with two attached hydrogens (primary N) is 2. The van der Waals surface area contributed by atoms with Gasteiger partial charge >= 0.3 is 0 Å². The lowest BCUT2D eigenvalue weighted by atomic mass is 10.0. The Labute approximate surface area is 111 Å². The summed E-state index contributed by atoms with van der Waals surface area (Å²) in [5, 5.41) is 0.932. The van der Waals surface area contributed by atoms with E-state index in [2.05, 4.69) is 23.0 Å². The molecule has 0 radical (unpaired) electrons. The van der Waals surface area contributed by atoms with Crippen LogP contribution in [0.4, 0.5) is 11.6 Å². The minimum absolute atomic E-state index is 0.447. The highest BCUT2D eigenvalue weighted by molar-refractivity contribution is 5.89. The Morgan fingerprint density at radius 2 is 1.79 bits per heavy atom. The predicted octanol–water partition coefficient (Wildman–Crippen LogP) is 2.77. The fourth-order valence-corrected chi connectivity index (χ4v) is 2.19. The molecule has 0 fully saturated rings. The van der Waals surface area contributed by atoms with Crippen molar-refractivity contribution in [2.75, 3.05) is 11.5 Å². The lowest BCUT2D eigenvalue weighted by molar-refractivity contribution is 1.33. The number of rotatable bonds is 1. The van der Waals surface area contributed by atoms with Gasteiger partial charge in [-0.3, -0.25) is 0 Å². The summed E-state index contributed by atoms with van der Waals surface area (Å²) in [6.45, 7) is 2.06. The van der Waals surface area contributed by atoms with Crippen molar-refractivity contribution in [3.8, 4) is 11.1 Å². The Kier molecular flexibility index (Phi) is 2.56. The molecule has 0 saturated carbocycles. The molecule has 0 aliphatic heterocycles. The van der Waals surface area contributed by atoms with Gasteiger partial charge in [0.05, 0.1) is 5.52 Å². The summed E-state index contributed by atoms with van der Waals surface area (Å²) in [5.74, 6) is 0.954. The molecule has 0 amide bonds. The third-order valence-corrected chi connectivity index (χ3v) is 3.19. The van der Waals surface area contributed by atoms with Crippen molar-refractivity contribution < 1.29 is 0 Å². The second-order valence-electron chi connectivity index (χ2n) is 4.54. The molecule has 2 aromatic heterocycles. The zero-order valence-corrected chi connectivity index (χ0v) is 10.6. The Bertz CT molecular complexity index is 765. The molecule has 3 rings (SSSR count). The number of hydrogen-bond acceptors (Lipinski definition) is 4. The van der Waals surface area contributed by atoms with Gasteiger partial charge in [0.25, 0.3) is 0 Å². The summed E-state index contributed by atoms with van der Waals surface area (Å²) < 4.78 is 0. The van der Waals surface area contributed by atoms with Gasteiger partial charge in [-0.05, 0) is 24.1 Å². The largest absolute Gasteiger partial charge is 0.384 e. The minimum Gasteiger partial charge on any atom is -0.384 e. The topological polar surface area (TPSA) is 77.8 Å². The van der Waals surface area contributed by atoms with Crippen LogP contribution in [-0.4, -0.2) is 9.97 Å². The molecule has 0 spiro atoms. The van der Waals surface area contributed by atoms with E-state index >= 15 is 0 Å². The first kappa shape index (κ1) is 11.5. The smallest absolute Gasteiger partial charge is 0.132 e. The van der Waals surface area contributed by atoms with E-state index in [9.17, 15) is 0 Å². The molecule has 0 bridgehead atoms. The Morgan fingerprint density at radius 1 is 1.00 bits per heavy atom. The van der Waals surface area contributed by atoms with Crippen molar-refractivity contribution in [2.24, 2.45) is 0 Å². The Hall–Kier alpha value is -2.62. The average molecular weight is 250 g/mol. The van der Waals surface area contributed by atoms with E-state index in [0.29, 0.717) is 11.6 Å². The van der Waals surface area contributed by atoms with Crippen LogP contribution in [0.1, 0.15) is 5.56 Å². The van der Waals surface area contributed by atoms with E-state index in [0.717, 1.165) is 22.0 Å². The van der Waals surface area contributed by atoms with Crippen LogP contribution >= 0.6 is 0 Å². The van der Waals surface area contributed by atoms with Crippen LogP contribution in [-0.2, 0) is 0 Å². The lowest BCUT2D eigenvalue weighted by Gasteiger charge is -2.10. The van der Waals surface area contributed by atoms with E-state index in [1.54, 1.807) is 12.3 Å². The van der Waals surface area contributed by atoms with Crippen molar-refractivity contribution >= 4 is 22.5 Å². The highest BCUT2D eigenvalue weighted by atomic mass is 14.9. The first-order valence-electron chi connectivity index (χ1n) is 6.03. The molecular weight excluding hydrogens is 236 g/mol. The number of aryl methyl sites for hydroxylation is 1. The first-order valence-corrected chi connectivity index (χ1v) is 6.03. The molecule has 0 unspecified atom stereocenters. The zero-order valence-electron chi connectivity index (χ0n) is 10.6. The van der Waals surface area contributed by atoms with Crippen LogP contribution in [0.25, 0.3) is 22.0 Å². The predicted molar refractivity (Wildman–Crippen MR) is 78.5 cm³/mol. The number of aromatic nitrogens is 2. The molecule has 94 valence electrons. The highest BCUT2D eigenvalue weighted by Crippen LogP contribution is 2.30. The Balaban J connectivity index is 2.28. The fraction of sp³-hybridized carbons (Fsp3) is 0.0667. The maximum absolute atomic E-state index is 6.07. The number of hydrogen-bond donors (Lipinski definition) is 2. The lowest BCUT2D eigenvalue weighted by Crippen LogP contribution is -1.97. The van der Waals surface area contributed by atoms with Crippen LogP contribution in [0.15, 0.2) is 42.6 Å². The minimum atomic E-state index is 0.447. The van der Waals surface area contributed by atoms with Crippen molar-refractivity contribution in [1.82, 2.24) is 9.97 Å². The van der Waals surface area contributed by atoms with E-state index in [1.807, 2.05) is 24.3 Å². The fourth-order valence-electron chi connectivity index (χ4n) is 2.19. The number of pyridine rings is 2. The van der Waals surface area contributed by atoms with Crippen molar-refractivity contribution in [3.05, 3.63) is 48.2 Å². The average Bonchev–Trinajstić information content (AvgIpc) is 2.39. The van der Waals surface area contributed by atoms with Gasteiger partial charge in [-0.2, -0.15) is 0 Å². The van der Waals surface area contributed by atoms with Crippen molar-refractivity contribution in [2.45, 2.75) is 6.92 Å².